The van der Waals surface area contributed by atoms with Gasteiger partial charge in [-0.3, -0.25) is 14.1 Å². The van der Waals surface area contributed by atoms with Gasteiger partial charge in [0.1, 0.15) is 23.9 Å². The molecule has 0 spiro atoms. The van der Waals surface area contributed by atoms with E-state index in [0.29, 0.717) is 9.82 Å². The highest BCUT2D eigenvalue weighted by Crippen LogP contribution is 2.28. The van der Waals surface area contributed by atoms with Gasteiger partial charge in [0.25, 0.3) is 11.8 Å². The number of carbonyl (C=O) groups is 2. The van der Waals surface area contributed by atoms with E-state index in [0.717, 1.165) is 35.3 Å². The Labute approximate surface area is 218 Å². The molecule has 0 bridgehead atoms. The molecule has 2 atom stereocenters. The van der Waals surface area contributed by atoms with Crippen molar-refractivity contribution in [3.63, 3.8) is 0 Å². The predicted molar refractivity (Wildman–Crippen MR) is 140 cm³/mol. The molecule has 2 aromatic carbocycles. The van der Waals surface area contributed by atoms with Crippen LogP contribution in [0.2, 0.25) is 0 Å². The van der Waals surface area contributed by atoms with E-state index in [9.17, 15) is 18.0 Å². The van der Waals surface area contributed by atoms with Gasteiger partial charge >= 0.3 is 10.3 Å². The van der Waals surface area contributed by atoms with Gasteiger partial charge in [-0.2, -0.15) is 8.42 Å². The fourth-order valence-corrected chi connectivity index (χ4v) is 6.08. The number of rotatable bonds is 6. The van der Waals surface area contributed by atoms with Crippen molar-refractivity contribution in [1.82, 2.24) is 24.6 Å². The van der Waals surface area contributed by atoms with Crippen molar-refractivity contribution < 1.29 is 22.6 Å². The molecular weight excluding hydrogens is 508 g/mol. The second-order valence-electron chi connectivity index (χ2n) is 9.60. The summed E-state index contributed by atoms with van der Waals surface area (Å²) in [4.78, 5) is 36.7. The Morgan fingerprint density at radius 3 is 2.50 bits per heavy atom. The van der Waals surface area contributed by atoms with E-state index >= 15 is 0 Å². The average Bonchev–Trinajstić information content (AvgIpc) is 3.49. The molecule has 4 aromatic rings. The first-order chi connectivity index (χ1) is 18.2. The van der Waals surface area contributed by atoms with Crippen LogP contribution < -0.4 is 10.6 Å². The number of benzene rings is 2. The molecule has 2 aromatic heterocycles. The van der Waals surface area contributed by atoms with Crippen molar-refractivity contribution in [2.45, 2.75) is 37.9 Å². The molecule has 2 amide bonds. The molecule has 1 aliphatic carbocycles. The van der Waals surface area contributed by atoms with Gasteiger partial charge in [-0.25, -0.2) is 14.3 Å². The first-order valence-corrected chi connectivity index (χ1v) is 13.5. The number of aromatic nitrogens is 3. The highest BCUT2D eigenvalue weighted by Gasteiger charge is 2.51. The first-order valence-electron chi connectivity index (χ1n) is 12.1. The molecule has 11 nitrogen and oxygen atoms in total. The van der Waals surface area contributed by atoms with E-state index in [2.05, 4.69) is 49.9 Å². The van der Waals surface area contributed by atoms with E-state index in [-0.39, 0.29) is 11.7 Å². The van der Waals surface area contributed by atoms with Crippen LogP contribution in [0.5, 0.6) is 0 Å². The Morgan fingerprint density at radius 1 is 1.08 bits per heavy atom. The summed E-state index contributed by atoms with van der Waals surface area (Å²) in [5.74, 6) is -0.715. The Kier molecular flexibility index (Phi) is 5.65. The van der Waals surface area contributed by atoms with E-state index in [4.69, 9.17) is 4.55 Å². The van der Waals surface area contributed by atoms with Gasteiger partial charge in [0.15, 0.2) is 0 Å². The second-order valence-corrected chi connectivity index (χ2v) is 10.9. The standard InChI is InChI=1S/C26H24N6O5S/c1-14-24(26(34)32(14)38(35,36)37)31-25(33)22-11-18-7-6-17(10-21(18)30-22)20-12-23(28-13-27-20)29-19-8-15-4-2-3-5-16(15)9-19/h2-7,10-14,19,24,30H,8-9H2,1H3,(H,31,33)(H,27,28,29)(H,35,36,37)/t14-,24-/m0/s1. The van der Waals surface area contributed by atoms with Crippen molar-refractivity contribution in [2.24, 2.45) is 0 Å². The number of fused-ring (bicyclic) bond motifs is 2. The number of β-lactam (4-membered cyclic amide) rings is 1. The number of hydrogen-bond donors (Lipinski definition) is 4. The first kappa shape index (κ1) is 24.1. The number of H-pyrrole nitrogens is 1. The van der Waals surface area contributed by atoms with E-state index in [1.54, 1.807) is 6.07 Å². The zero-order chi connectivity index (χ0) is 26.6. The van der Waals surface area contributed by atoms with Crippen molar-refractivity contribution >= 4 is 38.8 Å². The molecule has 1 aliphatic heterocycles. The minimum atomic E-state index is -4.66. The number of nitrogens with one attached hydrogen (secondary N) is 3. The average molecular weight is 533 g/mol. The van der Waals surface area contributed by atoms with Crippen LogP contribution in [0.4, 0.5) is 5.82 Å². The zero-order valence-electron chi connectivity index (χ0n) is 20.2. The number of aromatic amines is 1. The van der Waals surface area contributed by atoms with Crippen molar-refractivity contribution in [3.8, 4) is 11.3 Å². The minimum absolute atomic E-state index is 0.216. The topological polar surface area (TPSA) is 157 Å². The quantitative estimate of drug-likeness (QED) is 0.218. The molecule has 2 aliphatic rings. The van der Waals surface area contributed by atoms with Gasteiger partial charge in [0.2, 0.25) is 0 Å². The van der Waals surface area contributed by atoms with Gasteiger partial charge in [0.05, 0.1) is 11.7 Å². The van der Waals surface area contributed by atoms with Crippen LogP contribution in [-0.4, -0.2) is 62.2 Å². The third kappa shape index (κ3) is 4.27. The van der Waals surface area contributed by atoms with Gasteiger partial charge in [-0.1, -0.05) is 36.4 Å². The van der Waals surface area contributed by atoms with Crippen LogP contribution in [-0.2, 0) is 27.9 Å². The maximum Gasteiger partial charge on any atom is 0.362 e. The van der Waals surface area contributed by atoms with Gasteiger partial charge < -0.3 is 15.6 Å². The summed E-state index contributed by atoms with van der Waals surface area (Å²) in [5.41, 5.74) is 5.16. The Hall–Kier alpha value is -4.29. The van der Waals surface area contributed by atoms with Crippen LogP contribution >= 0.6 is 0 Å². The van der Waals surface area contributed by atoms with Crippen molar-refractivity contribution in [1.29, 1.82) is 0 Å². The summed E-state index contributed by atoms with van der Waals surface area (Å²) in [5, 5.41) is 6.81. The number of nitrogens with zero attached hydrogens (tertiary/aromatic N) is 3. The van der Waals surface area contributed by atoms with E-state index in [1.807, 2.05) is 24.3 Å². The van der Waals surface area contributed by atoms with Crippen molar-refractivity contribution in [3.05, 3.63) is 77.7 Å². The molecule has 1 fully saturated rings. The normalized spacial score (nSPS) is 19.3. The third-order valence-electron chi connectivity index (χ3n) is 7.10. The third-order valence-corrected chi connectivity index (χ3v) is 8.11. The van der Waals surface area contributed by atoms with E-state index in [1.165, 1.54) is 24.4 Å². The maximum absolute atomic E-state index is 12.8. The Morgan fingerprint density at radius 2 is 1.82 bits per heavy atom. The molecular formula is C26H24N6O5S. The summed E-state index contributed by atoms with van der Waals surface area (Å²) in [7, 11) is -4.66. The fourth-order valence-electron chi connectivity index (χ4n) is 5.20. The smallest absolute Gasteiger partial charge is 0.362 e. The summed E-state index contributed by atoms with van der Waals surface area (Å²) < 4.78 is 32.0. The highest BCUT2D eigenvalue weighted by molar-refractivity contribution is 7.84. The lowest BCUT2D eigenvalue weighted by Crippen LogP contribution is -2.70. The lowest BCUT2D eigenvalue weighted by atomic mass is 10.0. The molecule has 3 heterocycles. The van der Waals surface area contributed by atoms with Gasteiger partial charge in [-0.15, -0.1) is 0 Å². The number of anilines is 1. The molecule has 12 heteroatoms. The monoisotopic (exact) mass is 532 g/mol. The van der Waals surface area contributed by atoms with Crippen LogP contribution in [0, 0.1) is 0 Å². The van der Waals surface area contributed by atoms with Gasteiger partial charge in [0, 0.05) is 28.6 Å². The maximum atomic E-state index is 12.8. The highest BCUT2D eigenvalue weighted by atomic mass is 32.2. The summed E-state index contributed by atoms with van der Waals surface area (Å²) in [6, 6.07) is 15.9. The van der Waals surface area contributed by atoms with Crippen LogP contribution in [0.25, 0.3) is 22.2 Å². The van der Waals surface area contributed by atoms with Crippen LogP contribution in [0.1, 0.15) is 28.5 Å². The molecule has 4 N–H and O–H groups in total. The van der Waals surface area contributed by atoms with Gasteiger partial charge in [-0.05, 0) is 43.0 Å². The summed E-state index contributed by atoms with van der Waals surface area (Å²) in [6.07, 6.45) is 3.39. The zero-order valence-corrected chi connectivity index (χ0v) is 21.1. The number of amides is 2. The fraction of sp³-hybridized carbons (Fsp3) is 0.231. The largest absolute Gasteiger partial charge is 0.367 e. The Bertz CT molecular complexity index is 1680. The number of hydrogen-bond acceptors (Lipinski definition) is 7. The number of carbonyl (C=O) groups excluding carboxylic acids is 2. The lowest BCUT2D eigenvalue weighted by Gasteiger charge is -2.42. The minimum Gasteiger partial charge on any atom is -0.367 e. The predicted octanol–water partition coefficient (Wildman–Crippen LogP) is 2.34. The molecule has 38 heavy (non-hydrogen) atoms. The molecule has 194 valence electrons. The van der Waals surface area contributed by atoms with Crippen LogP contribution in [0.15, 0.2) is 60.9 Å². The molecule has 0 unspecified atom stereocenters. The van der Waals surface area contributed by atoms with Crippen LogP contribution in [0.3, 0.4) is 0 Å². The van der Waals surface area contributed by atoms with E-state index < -0.39 is 34.2 Å². The summed E-state index contributed by atoms with van der Waals surface area (Å²) in [6.45, 7) is 1.42. The summed E-state index contributed by atoms with van der Waals surface area (Å²) >= 11 is 0. The molecule has 0 saturated carbocycles. The molecule has 1 saturated heterocycles. The van der Waals surface area contributed by atoms with Crippen molar-refractivity contribution in [2.75, 3.05) is 5.32 Å². The second kappa shape index (κ2) is 8.92. The molecule has 6 rings (SSSR count). The lowest BCUT2D eigenvalue weighted by molar-refractivity contribution is -0.141. The SMILES string of the molecule is C[C@H]1[C@H](NC(=O)c2cc3ccc(-c4cc(NC5Cc6ccccc6C5)ncn4)cc3[nH]2)C(=O)N1S(=O)(=O)O. The molecule has 0 radical (unpaired) electrons. The Balaban J connectivity index is 1.17.